The van der Waals surface area contributed by atoms with E-state index >= 15 is 0 Å². The lowest BCUT2D eigenvalue weighted by Gasteiger charge is -2.25. The second-order valence-corrected chi connectivity index (χ2v) is 5.89. The first kappa shape index (κ1) is 14.7. The van der Waals surface area contributed by atoms with Gasteiger partial charge in [0.05, 0.1) is 5.69 Å². The van der Waals surface area contributed by atoms with Crippen molar-refractivity contribution in [2.45, 2.75) is 45.6 Å². The highest BCUT2D eigenvalue weighted by atomic mass is 16.5. The molecule has 0 atom stereocenters. The molecule has 1 aromatic carbocycles. The molecule has 0 aromatic heterocycles. The number of carbonyl (C=O) groups is 1. The monoisotopic (exact) mass is 276 g/mol. The molecule has 0 saturated heterocycles. The van der Waals surface area contributed by atoms with E-state index in [9.17, 15) is 4.79 Å². The van der Waals surface area contributed by atoms with Crippen LogP contribution in [0.4, 0.5) is 5.69 Å². The number of carbonyl (C=O) groups excluding carboxylic acids is 1. The largest absolute Gasteiger partial charge is 0.482 e. The van der Waals surface area contributed by atoms with Crippen LogP contribution in [0.25, 0.3) is 0 Å². The summed E-state index contributed by atoms with van der Waals surface area (Å²) in [5.74, 6) is 0.692. The summed E-state index contributed by atoms with van der Waals surface area (Å²) in [6, 6.07) is 6.00. The maximum Gasteiger partial charge on any atom is 0.258 e. The van der Waals surface area contributed by atoms with Crippen LogP contribution in [-0.4, -0.2) is 24.6 Å². The van der Waals surface area contributed by atoms with E-state index in [4.69, 9.17) is 4.74 Å². The molecule has 1 aliphatic heterocycles. The molecule has 20 heavy (non-hydrogen) atoms. The van der Waals surface area contributed by atoms with Crippen molar-refractivity contribution in [3.8, 4) is 5.75 Å². The van der Waals surface area contributed by atoms with E-state index in [-0.39, 0.29) is 18.1 Å². The predicted octanol–water partition coefficient (Wildman–Crippen LogP) is 2.73. The molecule has 0 fully saturated rings. The van der Waals surface area contributed by atoms with Crippen molar-refractivity contribution in [2.24, 2.45) is 0 Å². The molecule has 1 heterocycles. The van der Waals surface area contributed by atoms with Gasteiger partial charge in [-0.2, -0.15) is 0 Å². The minimum absolute atomic E-state index is 0.0571. The molecule has 0 bridgehead atoms. The van der Waals surface area contributed by atoms with Crippen LogP contribution in [0.5, 0.6) is 5.75 Å². The number of anilines is 1. The molecule has 0 saturated carbocycles. The van der Waals surface area contributed by atoms with Gasteiger partial charge in [0.2, 0.25) is 0 Å². The van der Waals surface area contributed by atoms with Gasteiger partial charge in [0.1, 0.15) is 5.75 Å². The normalized spacial score (nSPS) is 14.2. The van der Waals surface area contributed by atoms with E-state index < -0.39 is 0 Å². The van der Waals surface area contributed by atoms with Gasteiger partial charge in [0.25, 0.3) is 5.91 Å². The van der Waals surface area contributed by atoms with E-state index in [0.717, 1.165) is 37.2 Å². The van der Waals surface area contributed by atoms with Gasteiger partial charge >= 0.3 is 0 Å². The van der Waals surface area contributed by atoms with Gasteiger partial charge in [0, 0.05) is 12.1 Å². The van der Waals surface area contributed by atoms with Crippen molar-refractivity contribution >= 4 is 11.6 Å². The standard InChI is InChI=1S/C16H24N2O2/c1-4-16(2,3)18-14(19)11-20-13-9-5-7-12-8-6-10-17-15(12)13/h5,7,9,17H,4,6,8,10-11H2,1-3H3,(H,18,19). The number of fused-ring (bicyclic) bond motifs is 1. The first-order valence-corrected chi connectivity index (χ1v) is 7.31. The summed E-state index contributed by atoms with van der Waals surface area (Å²) >= 11 is 0. The lowest BCUT2D eigenvalue weighted by molar-refractivity contribution is -0.124. The fourth-order valence-electron chi connectivity index (χ4n) is 2.24. The zero-order chi connectivity index (χ0) is 14.6. The van der Waals surface area contributed by atoms with Crippen LogP contribution >= 0.6 is 0 Å². The zero-order valence-corrected chi connectivity index (χ0v) is 12.6. The van der Waals surface area contributed by atoms with Gasteiger partial charge in [-0.05, 0) is 44.7 Å². The highest BCUT2D eigenvalue weighted by molar-refractivity contribution is 5.78. The molecule has 4 heteroatoms. The molecule has 1 aromatic rings. The number of rotatable bonds is 5. The average Bonchev–Trinajstić information content (AvgIpc) is 2.44. The lowest BCUT2D eigenvalue weighted by atomic mass is 10.0. The number of hydrogen-bond acceptors (Lipinski definition) is 3. The van der Waals surface area contributed by atoms with Crippen LogP contribution in [0.3, 0.4) is 0 Å². The first-order valence-electron chi connectivity index (χ1n) is 7.31. The molecule has 1 aliphatic rings. The van der Waals surface area contributed by atoms with Gasteiger partial charge in [-0.25, -0.2) is 0 Å². The zero-order valence-electron chi connectivity index (χ0n) is 12.6. The fraction of sp³-hybridized carbons (Fsp3) is 0.562. The Bertz CT molecular complexity index is 483. The number of amides is 1. The quantitative estimate of drug-likeness (QED) is 0.869. The summed E-state index contributed by atoms with van der Waals surface area (Å²) < 4.78 is 5.68. The molecular formula is C16H24N2O2. The Morgan fingerprint density at radius 1 is 1.45 bits per heavy atom. The molecule has 0 spiro atoms. The van der Waals surface area contributed by atoms with Gasteiger partial charge in [0.15, 0.2) is 6.61 Å². The number of benzene rings is 1. The Balaban J connectivity index is 1.96. The van der Waals surface area contributed by atoms with Crippen LogP contribution in [0.15, 0.2) is 18.2 Å². The summed E-state index contributed by atoms with van der Waals surface area (Å²) in [7, 11) is 0. The average molecular weight is 276 g/mol. The number of para-hydroxylation sites is 1. The molecule has 1 amide bonds. The van der Waals surface area contributed by atoms with Crippen molar-refractivity contribution < 1.29 is 9.53 Å². The summed E-state index contributed by atoms with van der Waals surface area (Å²) in [4.78, 5) is 11.9. The fourth-order valence-corrected chi connectivity index (χ4v) is 2.24. The number of hydrogen-bond donors (Lipinski definition) is 2. The van der Waals surface area contributed by atoms with Crippen molar-refractivity contribution in [1.82, 2.24) is 5.32 Å². The number of aryl methyl sites for hydroxylation is 1. The van der Waals surface area contributed by atoms with Crippen LogP contribution < -0.4 is 15.4 Å². The first-order chi connectivity index (χ1) is 9.52. The Hall–Kier alpha value is -1.71. The van der Waals surface area contributed by atoms with Gasteiger partial charge in [-0.15, -0.1) is 0 Å². The number of nitrogens with one attached hydrogen (secondary N) is 2. The highest BCUT2D eigenvalue weighted by Gasteiger charge is 2.19. The Labute approximate surface area is 120 Å². The maximum atomic E-state index is 11.9. The van der Waals surface area contributed by atoms with E-state index in [1.54, 1.807) is 0 Å². The van der Waals surface area contributed by atoms with Crippen molar-refractivity contribution in [3.05, 3.63) is 23.8 Å². The van der Waals surface area contributed by atoms with Gasteiger partial charge in [-0.3, -0.25) is 4.79 Å². The van der Waals surface area contributed by atoms with E-state index in [0.29, 0.717) is 0 Å². The Morgan fingerprint density at radius 3 is 3.00 bits per heavy atom. The summed E-state index contributed by atoms with van der Waals surface area (Å²) in [5, 5.41) is 6.33. The third kappa shape index (κ3) is 3.65. The Kier molecular flexibility index (Phi) is 4.53. The minimum Gasteiger partial charge on any atom is -0.482 e. The van der Waals surface area contributed by atoms with Crippen molar-refractivity contribution in [3.63, 3.8) is 0 Å². The van der Waals surface area contributed by atoms with Gasteiger partial charge in [-0.1, -0.05) is 19.1 Å². The van der Waals surface area contributed by atoms with Crippen LogP contribution in [0.2, 0.25) is 0 Å². The molecular weight excluding hydrogens is 252 g/mol. The highest BCUT2D eigenvalue weighted by Crippen LogP contribution is 2.31. The number of ether oxygens (including phenoxy) is 1. The van der Waals surface area contributed by atoms with Crippen molar-refractivity contribution in [1.29, 1.82) is 0 Å². The van der Waals surface area contributed by atoms with E-state index in [2.05, 4.69) is 23.6 Å². The molecule has 0 radical (unpaired) electrons. The topological polar surface area (TPSA) is 50.4 Å². The minimum atomic E-state index is -0.186. The van der Waals surface area contributed by atoms with Crippen LogP contribution in [0.1, 0.15) is 39.2 Å². The SMILES string of the molecule is CCC(C)(C)NC(=O)COc1cccc2c1NCCC2. The second kappa shape index (κ2) is 6.16. The predicted molar refractivity (Wildman–Crippen MR) is 81.3 cm³/mol. The maximum absolute atomic E-state index is 11.9. The van der Waals surface area contributed by atoms with Gasteiger partial charge < -0.3 is 15.4 Å². The second-order valence-electron chi connectivity index (χ2n) is 5.89. The molecule has 0 unspecified atom stereocenters. The van der Waals surface area contributed by atoms with E-state index in [1.165, 1.54) is 5.56 Å². The third-order valence-corrected chi connectivity index (χ3v) is 3.76. The Morgan fingerprint density at radius 2 is 2.25 bits per heavy atom. The molecule has 0 aliphatic carbocycles. The summed E-state index contributed by atoms with van der Waals surface area (Å²) in [5.41, 5.74) is 2.12. The van der Waals surface area contributed by atoms with Crippen LogP contribution in [-0.2, 0) is 11.2 Å². The molecule has 4 nitrogen and oxygen atoms in total. The lowest BCUT2D eigenvalue weighted by Crippen LogP contribution is -2.44. The molecule has 110 valence electrons. The smallest absolute Gasteiger partial charge is 0.258 e. The molecule has 2 rings (SSSR count). The molecule has 2 N–H and O–H groups in total. The summed E-state index contributed by atoms with van der Waals surface area (Å²) in [6.45, 7) is 7.09. The van der Waals surface area contributed by atoms with Crippen LogP contribution in [0, 0.1) is 0 Å². The van der Waals surface area contributed by atoms with E-state index in [1.807, 2.05) is 26.0 Å². The summed E-state index contributed by atoms with van der Waals surface area (Å²) in [6.07, 6.45) is 3.09. The van der Waals surface area contributed by atoms with Crippen molar-refractivity contribution in [2.75, 3.05) is 18.5 Å². The third-order valence-electron chi connectivity index (χ3n) is 3.76.